The van der Waals surface area contributed by atoms with Crippen LogP contribution in [0.2, 0.25) is 0 Å². The summed E-state index contributed by atoms with van der Waals surface area (Å²) in [6.45, 7) is 2.59. The van der Waals surface area contributed by atoms with Crippen molar-refractivity contribution in [2.45, 2.75) is 25.8 Å². The number of hydrogen-bond acceptors (Lipinski definition) is 3. The van der Waals surface area contributed by atoms with Crippen LogP contribution >= 0.6 is 24.8 Å². The third-order valence-corrected chi connectivity index (χ3v) is 2.45. The normalized spacial score (nSPS) is 12.1. The number of thiol groups is 1. The molecule has 3 N–H and O–H groups in total. The maximum Gasteiger partial charge on any atom is 0.327 e. The fourth-order valence-corrected chi connectivity index (χ4v) is 1.63. The predicted octanol–water partition coefficient (Wildman–Crippen LogP) is 0.715. The molecule has 0 saturated carbocycles. The molecule has 0 spiro atoms. The Morgan fingerprint density at radius 3 is 2.57 bits per heavy atom. The highest BCUT2D eigenvalue weighted by Crippen LogP contribution is 2.05. The minimum Gasteiger partial charge on any atom is -0.480 e. The molecule has 0 aromatic rings. The molecule has 0 heterocycles. The molecule has 82 valence electrons. The zero-order valence-electron chi connectivity index (χ0n) is 8.14. The first-order valence-electron chi connectivity index (χ1n) is 4.44. The maximum absolute atomic E-state index is 10.8. The third kappa shape index (κ3) is 4.15. The van der Waals surface area contributed by atoms with Gasteiger partial charge in [-0.3, -0.25) is 0 Å². The van der Waals surface area contributed by atoms with Gasteiger partial charge in [0.2, 0.25) is 0 Å². The van der Waals surface area contributed by atoms with Crippen LogP contribution in [0.1, 0.15) is 19.8 Å². The summed E-state index contributed by atoms with van der Waals surface area (Å²) in [5.41, 5.74) is 5.45. The second kappa shape index (κ2) is 6.89. The van der Waals surface area contributed by atoms with Crippen LogP contribution in [0.4, 0.5) is 0 Å². The summed E-state index contributed by atoms with van der Waals surface area (Å²) < 4.78 is 0. The lowest BCUT2D eigenvalue weighted by Crippen LogP contribution is -2.49. The Morgan fingerprint density at radius 2 is 2.29 bits per heavy atom. The van der Waals surface area contributed by atoms with Crippen molar-refractivity contribution in [3.05, 3.63) is 0 Å². The summed E-state index contributed by atoms with van der Waals surface area (Å²) >= 11 is 8.77. The van der Waals surface area contributed by atoms with Gasteiger partial charge >= 0.3 is 5.97 Å². The van der Waals surface area contributed by atoms with E-state index >= 15 is 0 Å². The highest BCUT2D eigenvalue weighted by Gasteiger charge is 2.24. The van der Waals surface area contributed by atoms with E-state index in [-0.39, 0.29) is 10.9 Å². The second-order valence-corrected chi connectivity index (χ2v) is 3.71. The van der Waals surface area contributed by atoms with Crippen LogP contribution in [-0.2, 0) is 4.79 Å². The van der Waals surface area contributed by atoms with Crippen LogP contribution in [0.3, 0.4) is 0 Å². The lowest BCUT2D eigenvalue weighted by molar-refractivity contribution is -0.140. The van der Waals surface area contributed by atoms with E-state index in [4.69, 9.17) is 23.1 Å². The number of unbranched alkanes of at least 4 members (excludes halogenated alkanes) is 1. The van der Waals surface area contributed by atoms with Gasteiger partial charge in [-0.15, -0.1) is 0 Å². The zero-order valence-corrected chi connectivity index (χ0v) is 9.85. The molecule has 0 amide bonds. The SMILES string of the molecule is CCCCN(C(N)=S)[C@@H](CS)C(=O)O. The summed E-state index contributed by atoms with van der Waals surface area (Å²) in [4.78, 5) is 12.3. The standard InChI is InChI=1S/C8H16N2O2S2/c1-2-3-4-10(8(9)14)6(5-13)7(11)12/h6,13H,2-5H2,1H3,(H2,9,14)(H,11,12)/t6-/m0/s1. The Kier molecular flexibility index (Phi) is 6.65. The molecule has 0 aromatic carbocycles. The number of hydrogen-bond donors (Lipinski definition) is 3. The van der Waals surface area contributed by atoms with Gasteiger partial charge in [-0.1, -0.05) is 13.3 Å². The summed E-state index contributed by atoms with van der Waals surface area (Å²) in [6.07, 6.45) is 1.84. The Morgan fingerprint density at radius 1 is 1.71 bits per heavy atom. The largest absolute Gasteiger partial charge is 0.480 e. The van der Waals surface area contributed by atoms with E-state index in [1.807, 2.05) is 6.92 Å². The Labute approximate surface area is 94.9 Å². The lowest BCUT2D eigenvalue weighted by Gasteiger charge is -2.28. The van der Waals surface area contributed by atoms with Crippen molar-refractivity contribution in [2.24, 2.45) is 5.73 Å². The van der Waals surface area contributed by atoms with Crippen LogP contribution in [0.25, 0.3) is 0 Å². The van der Waals surface area contributed by atoms with Gasteiger partial charge in [0, 0.05) is 12.3 Å². The monoisotopic (exact) mass is 236 g/mol. The van der Waals surface area contributed by atoms with Crippen molar-refractivity contribution >= 4 is 35.9 Å². The molecule has 0 aliphatic carbocycles. The molecule has 0 radical (unpaired) electrons. The van der Waals surface area contributed by atoms with E-state index in [1.165, 1.54) is 4.90 Å². The molecule has 0 aromatic heterocycles. The zero-order chi connectivity index (χ0) is 11.1. The van der Waals surface area contributed by atoms with Gasteiger partial charge in [-0.2, -0.15) is 12.6 Å². The van der Waals surface area contributed by atoms with E-state index in [1.54, 1.807) is 0 Å². The molecule has 0 bridgehead atoms. The Hall–Kier alpha value is -0.490. The van der Waals surface area contributed by atoms with Gasteiger partial charge in [0.1, 0.15) is 6.04 Å². The van der Waals surface area contributed by atoms with Gasteiger partial charge in [0.05, 0.1) is 0 Å². The van der Waals surface area contributed by atoms with E-state index in [0.29, 0.717) is 6.54 Å². The van der Waals surface area contributed by atoms with E-state index < -0.39 is 12.0 Å². The van der Waals surface area contributed by atoms with Gasteiger partial charge in [0.25, 0.3) is 0 Å². The minimum absolute atomic E-state index is 0.125. The first kappa shape index (κ1) is 13.5. The molecule has 6 heteroatoms. The highest BCUT2D eigenvalue weighted by molar-refractivity contribution is 7.80. The van der Waals surface area contributed by atoms with Gasteiger partial charge < -0.3 is 15.7 Å². The van der Waals surface area contributed by atoms with Crippen molar-refractivity contribution < 1.29 is 9.90 Å². The van der Waals surface area contributed by atoms with Crippen molar-refractivity contribution in [2.75, 3.05) is 12.3 Å². The molecule has 0 aliphatic rings. The van der Waals surface area contributed by atoms with E-state index in [0.717, 1.165) is 12.8 Å². The molecule has 0 rings (SSSR count). The van der Waals surface area contributed by atoms with Crippen molar-refractivity contribution in [1.82, 2.24) is 4.90 Å². The van der Waals surface area contributed by atoms with Gasteiger partial charge in [-0.25, -0.2) is 4.79 Å². The first-order valence-corrected chi connectivity index (χ1v) is 5.48. The van der Waals surface area contributed by atoms with Crippen LogP contribution in [-0.4, -0.2) is 39.4 Å². The fraction of sp³-hybridized carbons (Fsp3) is 0.750. The Balaban J connectivity index is 4.44. The molecular formula is C8H16N2O2S2. The predicted molar refractivity (Wildman–Crippen MR) is 63.7 cm³/mol. The average Bonchev–Trinajstić information content (AvgIpc) is 2.10. The van der Waals surface area contributed by atoms with Crippen molar-refractivity contribution in [1.29, 1.82) is 0 Å². The van der Waals surface area contributed by atoms with Gasteiger partial charge in [0.15, 0.2) is 5.11 Å². The molecule has 14 heavy (non-hydrogen) atoms. The number of aliphatic carboxylic acids is 1. The third-order valence-electron chi connectivity index (χ3n) is 1.87. The number of rotatable bonds is 6. The average molecular weight is 236 g/mol. The van der Waals surface area contributed by atoms with Crippen LogP contribution in [0.5, 0.6) is 0 Å². The van der Waals surface area contributed by atoms with Crippen LogP contribution < -0.4 is 5.73 Å². The summed E-state index contributed by atoms with van der Waals surface area (Å²) in [7, 11) is 0. The lowest BCUT2D eigenvalue weighted by atomic mass is 10.2. The van der Waals surface area contributed by atoms with E-state index in [2.05, 4.69) is 12.6 Å². The van der Waals surface area contributed by atoms with Crippen LogP contribution in [0, 0.1) is 0 Å². The van der Waals surface area contributed by atoms with Gasteiger partial charge in [-0.05, 0) is 18.6 Å². The number of carboxylic acid groups (broad SMARTS) is 1. The molecule has 4 nitrogen and oxygen atoms in total. The minimum atomic E-state index is -0.941. The molecular weight excluding hydrogens is 220 g/mol. The molecule has 0 aliphatic heterocycles. The number of nitrogens with zero attached hydrogens (tertiary/aromatic N) is 1. The van der Waals surface area contributed by atoms with Crippen molar-refractivity contribution in [3.8, 4) is 0 Å². The summed E-state index contributed by atoms with van der Waals surface area (Å²) in [5, 5.41) is 9.01. The van der Waals surface area contributed by atoms with Crippen molar-refractivity contribution in [3.63, 3.8) is 0 Å². The van der Waals surface area contributed by atoms with Crippen LogP contribution in [0.15, 0.2) is 0 Å². The van der Waals surface area contributed by atoms with E-state index in [9.17, 15) is 4.79 Å². The Bertz CT molecular complexity index is 212. The molecule has 0 unspecified atom stereocenters. The second-order valence-electron chi connectivity index (χ2n) is 2.92. The number of carbonyl (C=O) groups is 1. The molecule has 1 atom stereocenters. The topological polar surface area (TPSA) is 66.6 Å². The molecule has 0 saturated heterocycles. The fourth-order valence-electron chi connectivity index (χ4n) is 1.06. The highest BCUT2D eigenvalue weighted by atomic mass is 32.1. The first-order chi connectivity index (χ1) is 6.54. The molecule has 0 fully saturated rings. The smallest absolute Gasteiger partial charge is 0.327 e. The number of nitrogens with two attached hydrogens (primary N) is 1. The number of carboxylic acids is 1. The number of thiocarbonyl (C=S) groups is 1. The maximum atomic E-state index is 10.8. The quantitative estimate of drug-likeness (QED) is 0.468. The summed E-state index contributed by atoms with van der Waals surface area (Å²) in [6, 6.07) is -0.720. The summed E-state index contributed by atoms with van der Waals surface area (Å²) in [5.74, 6) is -0.736.